The molecule has 0 radical (unpaired) electrons. The fraction of sp³-hybridized carbons (Fsp3) is 0.0137. The van der Waals surface area contributed by atoms with Crippen LogP contribution in [0.5, 0.6) is 0 Å². The van der Waals surface area contributed by atoms with Gasteiger partial charge in [0, 0.05) is 33.5 Å². The van der Waals surface area contributed by atoms with E-state index in [-0.39, 0.29) is 0 Å². The molecule has 15 rings (SSSR count). The first kappa shape index (κ1) is 44.0. The van der Waals surface area contributed by atoms with Crippen LogP contribution in [0, 0.1) is 0 Å². The summed E-state index contributed by atoms with van der Waals surface area (Å²) >= 11 is 0. The van der Waals surface area contributed by atoms with Gasteiger partial charge in [-0.15, -0.1) is 0 Å². The summed E-state index contributed by atoms with van der Waals surface area (Å²) in [5.74, 6) is 0. The van der Waals surface area contributed by atoms with E-state index in [1.807, 2.05) is 0 Å². The van der Waals surface area contributed by atoms with Crippen LogP contribution < -0.4 is 25.6 Å². The molecule has 2 aliphatic rings. The Hall–Kier alpha value is -9.54. The molecule has 1 aliphatic carbocycles. The van der Waals surface area contributed by atoms with Crippen molar-refractivity contribution in [1.82, 2.24) is 4.57 Å². The number of hydrogen-bond donors (Lipinski definition) is 0. The molecule has 0 saturated carbocycles. The molecule has 0 spiro atoms. The molecular weight excluding hydrogens is 933 g/mol. The highest BCUT2D eigenvalue weighted by atomic mass is 28.3. The Morgan fingerprint density at radius 2 is 0.776 bits per heavy atom. The molecule has 1 aromatic heterocycles. The Labute approximate surface area is 444 Å². The maximum absolute atomic E-state index is 2.78. The first-order chi connectivity index (χ1) is 37.7. The third-order valence-corrected chi connectivity index (χ3v) is 21.4. The molecule has 13 aromatic rings. The van der Waals surface area contributed by atoms with Crippen LogP contribution in [0.1, 0.15) is 22.3 Å². The summed E-state index contributed by atoms with van der Waals surface area (Å²) in [6.45, 7) is 0. The van der Waals surface area contributed by atoms with E-state index in [9.17, 15) is 0 Å². The van der Waals surface area contributed by atoms with Crippen LogP contribution in [0.25, 0.3) is 60.9 Å². The van der Waals surface area contributed by atoms with Crippen LogP contribution in [-0.4, -0.2) is 12.6 Å². The average Bonchev–Trinajstić information content (AvgIpc) is 4.30. The maximum Gasteiger partial charge on any atom is 0.180 e. The Kier molecular flexibility index (Phi) is 10.2. The average molecular weight is 983 g/mol. The molecule has 0 saturated heterocycles. The number of fused-ring (bicyclic) bond motifs is 9. The van der Waals surface area contributed by atoms with Gasteiger partial charge in [-0.3, -0.25) is 0 Å². The predicted octanol–water partition coefficient (Wildman–Crippen LogP) is 15.6. The largest absolute Gasteiger partial charge is 0.311 e. The first-order valence-corrected chi connectivity index (χ1v) is 28.4. The minimum atomic E-state index is -2.78. The fourth-order valence-electron chi connectivity index (χ4n) is 13.4. The Bertz CT molecular complexity index is 4200. The quantitative estimate of drug-likeness (QED) is 0.131. The lowest BCUT2D eigenvalue weighted by molar-refractivity contribution is 0.769. The van der Waals surface area contributed by atoms with Gasteiger partial charge in [-0.1, -0.05) is 237 Å². The van der Waals surface area contributed by atoms with Gasteiger partial charge < -0.3 is 9.47 Å². The molecule has 0 amide bonds. The van der Waals surface area contributed by atoms with Crippen LogP contribution in [0.15, 0.2) is 303 Å². The van der Waals surface area contributed by atoms with Gasteiger partial charge in [0.05, 0.1) is 16.4 Å². The predicted molar refractivity (Wildman–Crippen MR) is 321 cm³/mol. The Morgan fingerprint density at radius 3 is 1.39 bits per heavy atom. The number of rotatable bonds is 9. The third kappa shape index (κ3) is 6.46. The summed E-state index contributed by atoms with van der Waals surface area (Å²) in [5.41, 5.74) is 19.1. The minimum Gasteiger partial charge on any atom is -0.311 e. The van der Waals surface area contributed by atoms with Gasteiger partial charge in [0.25, 0.3) is 0 Å². The highest BCUT2D eigenvalue weighted by Crippen LogP contribution is 2.56. The lowest BCUT2D eigenvalue weighted by Crippen LogP contribution is -2.72. The van der Waals surface area contributed by atoms with E-state index in [4.69, 9.17) is 0 Å². The van der Waals surface area contributed by atoms with Crippen molar-refractivity contribution >= 4 is 67.7 Å². The molecule has 0 atom stereocenters. The zero-order chi connectivity index (χ0) is 50.2. The van der Waals surface area contributed by atoms with Gasteiger partial charge in [0.2, 0.25) is 0 Å². The van der Waals surface area contributed by atoms with Crippen molar-refractivity contribution in [2.75, 3.05) is 4.90 Å². The van der Waals surface area contributed by atoms with Gasteiger partial charge in [-0.05, 0) is 143 Å². The van der Waals surface area contributed by atoms with Gasteiger partial charge in [0.1, 0.15) is 0 Å². The number of benzene rings is 12. The standard InChI is InChI=1S/C73H50N2Si/c1-3-22-53(23-4-1)73(67-35-13-7-29-61(67)62-30-8-14-36-68(62)73)54-24-19-21-52(49-54)51-41-43-55(44-42-51)74(56-45-47-57(48-46-56)75-69-37-15-9-31-63(69)64-32-10-16-38-70(64)75)58-25-20-28-60(50-58)76(59-26-5-2-6-27-59)71-39-17-11-33-65(71)66-34-12-18-40-72(66)76/h1-50H. The lowest BCUT2D eigenvalue weighted by atomic mass is 9.67. The molecule has 76 heavy (non-hydrogen) atoms. The zero-order valence-electron chi connectivity index (χ0n) is 41.8. The Balaban J connectivity index is 0.891. The number of para-hydroxylation sites is 2. The molecule has 3 heteroatoms. The van der Waals surface area contributed by atoms with Crippen molar-refractivity contribution in [3.63, 3.8) is 0 Å². The second kappa shape index (κ2) is 17.6. The van der Waals surface area contributed by atoms with E-state index >= 15 is 0 Å². The van der Waals surface area contributed by atoms with Crippen molar-refractivity contribution in [3.8, 4) is 39.1 Å². The first-order valence-electron chi connectivity index (χ1n) is 26.4. The Morgan fingerprint density at radius 1 is 0.303 bits per heavy atom. The second-order valence-corrected chi connectivity index (χ2v) is 24.0. The molecule has 356 valence electrons. The fourth-order valence-corrected chi connectivity index (χ4v) is 18.6. The summed E-state index contributed by atoms with van der Waals surface area (Å²) in [6.07, 6.45) is 0. The van der Waals surface area contributed by atoms with Crippen LogP contribution in [0.3, 0.4) is 0 Å². The van der Waals surface area contributed by atoms with E-state index in [1.165, 1.54) is 98.2 Å². The van der Waals surface area contributed by atoms with Crippen molar-refractivity contribution < 1.29 is 0 Å². The molecule has 1 aliphatic heterocycles. The summed E-state index contributed by atoms with van der Waals surface area (Å²) in [7, 11) is -2.78. The van der Waals surface area contributed by atoms with Crippen LogP contribution >= 0.6 is 0 Å². The summed E-state index contributed by atoms with van der Waals surface area (Å²) < 4.78 is 2.40. The van der Waals surface area contributed by atoms with E-state index in [1.54, 1.807) is 0 Å². The number of nitrogens with zero attached hydrogens (tertiary/aromatic N) is 2. The number of hydrogen-bond acceptors (Lipinski definition) is 1. The second-order valence-electron chi connectivity index (χ2n) is 20.3. The SMILES string of the molecule is c1ccc(C2(c3cccc(-c4ccc(N(c5ccc(-n6c7ccccc7c7ccccc76)cc5)c5cccc([Si]6(c7ccccc7)c7ccccc7-c7ccccc76)c5)cc4)c3)c3ccccc3-c3ccccc32)cc1. The van der Waals surface area contributed by atoms with Crippen molar-refractivity contribution in [2.45, 2.75) is 5.41 Å². The maximum atomic E-state index is 2.50. The van der Waals surface area contributed by atoms with E-state index < -0.39 is 13.5 Å². The highest BCUT2D eigenvalue weighted by molar-refractivity contribution is 7.22. The topological polar surface area (TPSA) is 8.17 Å². The van der Waals surface area contributed by atoms with Crippen molar-refractivity contribution in [3.05, 3.63) is 326 Å². The van der Waals surface area contributed by atoms with Crippen molar-refractivity contribution in [1.29, 1.82) is 0 Å². The third-order valence-electron chi connectivity index (χ3n) is 16.6. The molecule has 0 N–H and O–H groups in total. The van der Waals surface area contributed by atoms with Gasteiger partial charge >= 0.3 is 0 Å². The van der Waals surface area contributed by atoms with E-state index in [0.717, 1.165) is 22.7 Å². The smallest absolute Gasteiger partial charge is 0.180 e. The van der Waals surface area contributed by atoms with Crippen LogP contribution in [0.2, 0.25) is 0 Å². The number of anilines is 3. The summed E-state index contributed by atoms with van der Waals surface area (Å²) in [5, 5.41) is 8.13. The summed E-state index contributed by atoms with van der Waals surface area (Å²) in [4.78, 5) is 2.45. The molecule has 12 aromatic carbocycles. The van der Waals surface area contributed by atoms with Crippen molar-refractivity contribution in [2.24, 2.45) is 0 Å². The highest BCUT2D eigenvalue weighted by Gasteiger charge is 2.49. The summed E-state index contributed by atoms with van der Waals surface area (Å²) in [6, 6.07) is 113. The van der Waals surface area contributed by atoms with Gasteiger partial charge in [0.15, 0.2) is 8.07 Å². The zero-order valence-corrected chi connectivity index (χ0v) is 42.8. The van der Waals surface area contributed by atoms with Gasteiger partial charge in [-0.25, -0.2) is 0 Å². The molecule has 2 nitrogen and oxygen atoms in total. The minimum absolute atomic E-state index is 0.474. The molecular formula is C73H50N2Si. The van der Waals surface area contributed by atoms with Crippen LogP contribution in [0.4, 0.5) is 17.1 Å². The molecule has 0 unspecified atom stereocenters. The van der Waals surface area contributed by atoms with Crippen LogP contribution in [-0.2, 0) is 5.41 Å². The normalized spacial score (nSPS) is 13.5. The number of aromatic nitrogens is 1. The van der Waals surface area contributed by atoms with Gasteiger partial charge in [-0.2, -0.15) is 0 Å². The lowest BCUT2D eigenvalue weighted by Gasteiger charge is -2.34. The molecule has 0 bridgehead atoms. The molecule has 2 heterocycles. The van der Waals surface area contributed by atoms with E-state index in [0.29, 0.717) is 0 Å². The molecule has 0 fully saturated rings. The van der Waals surface area contributed by atoms with E-state index in [2.05, 4.69) is 313 Å². The monoisotopic (exact) mass is 982 g/mol.